The van der Waals surface area contributed by atoms with E-state index in [-0.39, 0.29) is 24.2 Å². The third kappa shape index (κ3) is 2.86. The zero-order valence-corrected chi connectivity index (χ0v) is 12.5. The summed E-state index contributed by atoms with van der Waals surface area (Å²) in [5.41, 5.74) is 0.784. The molecule has 1 saturated heterocycles. The molecule has 0 bridgehead atoms. The highest BCUT2D eigenvalue weighted by Crippen LogP contribution is 2.40. The number of nitrogens with one attached hydrogen (secondary N) is 1. The Morgan fingerprint density at radius 2 is 1.85 bits per heavy atom. The van der Waals surface area contributed by atoms with Crippen LogP contribution in [-0.4, -0.2) is 18.8 Å². The van der Waals surface area contributed by atoms with Crippen molar-refractivity contribution in [2.45, 2.75) is 45.9 Å². The number of benzene rings is 1. The summed E-state index contributed by atoms with van der Waals surface area (Å²) in [5, 5.41) is 3.40. The van der Waals surface area contributed by atoms with Crippen molar-refractivity contribution in [3.63, 3.8) is 0 Å². The summed E-state index contributed by atoms with van der Waals surface area (Å²) >= 11 is 0. The molecule has 0 saturated carbocycles. The molecule has 1 aliphatic rings. The lowest BCUT2D eigenvalue weighted by Crippen LogP contribution is -2.35. The number of hydrogen-bond acceptors (Lipinski definition) is 2. The highest BCUT2D eigenvalue weighted by atomic mass is 19.2. The molecule has 1 aromatic rings. The molecule has 2 rings (SSSR count). The molecule has 5 unspecified atom stereocenters. The van der Waals surface area contributed by atoms with Gasteiger partial charge >= 0.3 is 0 Å². The van der Waals surface area contributed by atoms with Crippen LogP contribution in [0.3, 0.4) is 0 Å². The SMILES string of the molecule is CCNC(c1ccc(F)c(F)c1)C1C(C)OC(C)C1C. The van der Waals surface area contributed by atoms with E-state index in [1.165, 1.54) is 12.1 Å². The monoisotopic (exact) mass is 283 g/mol. The quantitative estimate of drug-likeness (QED) is 0.910. The predicted octanol–water partition coefficient (Wildman–Crippen LogP) is 3.67. The maximum atomic E-state index is 13.5. The lowest BCUT2D eigenvalue weighted by molar-refractivity contribution is 0.0475. The molecular formula is C16H23F2NO. The molecule has 0 amide bonds. The summed E-state index contributed by atoms with van der Waals surface area (Å²) in [6.07, 6.45) is 0.276. The molecular weight excluding hydrogens is 260 g/mol. The first kappa shape index (κ1) is 15.4. The molecule has 1 fully saturated rings. The summed E-state index contributed by atoms with van der Waals surface area (Å²) in [4.78, 5) is 0. The van der Waals surface area contributed by atoms with Gasteiger partial charge in [0.05, 0.1) is 12.2 Å². The summed E-state index contributed by atoms with van der Waals surface area (Å²) in [5.74, 6) is -0.990. The van der Waals surface area contributed by atoms with Gasteiger partial charge in [0.1, 0.15) is 0 Å². The molecule has 1 N–H and O–H groups in total. The van der Waals surface area contributed by atoms with E-state index in [9.17, 15) is 8.78 Å². The second-order valence-corrected chi connectivity index (χ2v) is 5.69. The highest BCUT2D eigenvalue weighted by molar-refractivity contribution is 5.23. The average molecular weight is 283 g/mol. The Labute approximate surface area is 119 Å². The third-order valence-electron chi connectivity index (χ3n) is 4.43. The first-order valence-corrected chi connectivity index (χ1v) is 7.29. The van der Waals surface area contributed by atoms with Crippen LogP contribution in [0.25, 0.3) is 0 Å². The Morgan fingerprint density at radius 1 is 1.15 bits per heavy atom. The van der Waals surface area contributed by atoms with Crippen LogP contribution in [0.1, 0.15) is 39.3 Å². The fourth-order valence-electron chi connectivity index (χ4n) is 3.27. The van der Waals surface area contributed by atoms with Crippen molar-refractivity contribution in [1.82, 2.24) is 5.32 Å². The summed E-state index contributed by atoms with van der Waals surface area (Å²) < 4.78 is 32.5. The Morgan fingerprint density at radius 3 is 2.35 bits per heavy atom. The van der Waals surface area contributed by atoms with Crippen molar-refractivity contribution in [2.75, 3.05) is 6.54 Å². The molecule has 5 atom stereocenters. The normalized spacial score (nSPS) is 31.5. The van der Waals surface area contributed by atoms with E-state index in [0.717, 1.165) is 12.1 Å². The molecule has 0 radical (unpaired) electrons. The van der Waals surface area contributed by atoms with Crippen LogP contribution in [-0.2, 0) is 4.74 Å². The van der Waals surface area contributed by atoms with Crippen LogP contribution in [0, 0.1) is 23.5 Å². The third-order valence-corrected chi connectivity index (χ3v) is 4.43. The molecule has 1 heterocycles. The number of hydrogen-bond donors (Lipinski definition) is 1. The van der Waals surface area contributed by atoms with Crippen LogP contribution in [0.4, 0.5) is 8.78 Å². The van der Waals surface area contributed by atoms with E-state index < -0.39 is 11.6 Å². The highest BCUT2D eigenvalue weighted by Gasteiger charge is 2.42. The van der Waals surface area contributed by atoms with Crippen molar-refractivity contribution in [3.05, 3.63) is 35.4 Å². The zero-order valence-electron chi connectivity index (χ0n) is 12.5. The van der Waals surface area contributed by atoms with Gasteiger partial charge in [-0.15, -0.1) is 0 Å². The lowest BCUT2D eigenvalue weighted by atomic mass is 9.80. The first-order chi connectivity index (χ1) is 9.45. The average Bonchev–Trinajstić information content (AvgIpc) is 2.65. The van der Waals surface area contributed by atoms with Gasteiger partial charge in [-0.05, 0) is 44.0 Å². The molecule has 20 heavy (non-hydrogen) atoms. The summed E-state index contributed by atoms with van der Waals surface area (Å²) in [6.45, 7) is 9.06. The predicted molar refractivity (Wildman–Crippen MR) is 75.4 cm³/mol. The van der Waals surface area contributed by atoms with Gasteiger partial charge < -0.3 is 10.1 Å². The van der Waals surface area contributed by atoms with Gasteiger partial charge in [0.25, 0.3) is 0 Å². The van der Waals surface area contributed by atoms with Crippen molar-refractivity contribution in [1.29, 1.82) is 0 Å². The summed E-state index contributed by atoms with van der Waals surface area (Å²) in [7, 11) is 0. The molecule has 1 aliphatic heterocycles. The molecule has 1 aromatic carbocycles. The van der Waals surface area contributed by atoms with Gasteiger partial charge in [0.2, 0.25) is 0 Å². The van der Waals surface area contributed by atoms with Crippen molar-refractivity contribution < 1.29 is 13.5 Å². The molecule has 4 heteroatoms. The minimum Gasteiger partial charge on any atom is -0.375 e. The van der Waals surface area contributed by atoms with Gasteiger partial charge in [0.15, 0.2) is 11.6 Å². The second-order valence-electron chi connectivity index (χ2n) is 5.69. The summed E-state index contributed by atoms with van der Waals surface area (Å²) in [6, 6.07) is 4.13. The number of halogens is 2. The van der Waals surface area contributed by atoms with Gasteiger partial charge in [-0.1, -0.05) is 19.9 Å². The van der Waals surface area contributed by atoms with Crippen LogP contribution in [0.2, 0.25) is 0 Å². The van der Waals surface area contributed by atoms with Gasteiger partial charge in [-0.3, -0.25) is 0 Å². The number of ether oxygens (including phenoxy) is 1. The molecule has 112 valence electrons. The van der Waals surface area contributed by atoms with E-state index in [1.807, 2.05) is 6.92 Å². The Hall–Kier alpha value is -1.00. The second kappa shape index (κ2) is 6.19. The maximum Gasteiger partial charge on any atom is 0.159 e. The Kier molecular flexibility index (Phi) is 4.76. The maximum absolute atomic E-state index is 13.5. The van der Waals surface area contributed by atoms with Crippen LogP contribution in [0.5, 0.6) is 0 Å². The topological polar surface area (TPSA) is 21.3 Å². The fraction of sp³-hybridized carbons (Fsp3) is 0.625. The Balaban J connectivity index is 2.33. The van der Waals surface area contributed by atoms with E-state index in [1.54, 1.807) is 6.07 Å². The lowest BCUT2D eigenvalue weighted by Gasteiger charge is -2.30. The molecule has 2 nitrogen and oxygen atoms in total. The van der Waals surface area contributed by atoms with Crippen LogP contribution < -0.4 is 5.32 Å². The van der Waals surface area contributed by atoms with E-state index >= 15 is 0 Å². The van der Waals surface area contributed by atoms with Crippen LogP contribution in [0.15, 0.2) is 18.2 Å². The standard InChI is InChI=1S/C16H23F2NO/c1-5-19-16(12-6-7-13(17)14(18)8-12)15-9(2)10(3)20-11(15)4/h6-11,15-16,19H,5H2,1-4H3. The van der Waals surface area contributed by atoms with Crippen LogP contribution >= 0.6 is 0 Å². The zero-order chi connectivity index (χ0) is 14.9. The number of rotatable bonds is 4. The minimum atomic E-state index is -0.805. The molecule has 0 spiro atoms. The van der Waals surface area contributed by atoms with Gasteiger partial charge in [0, 0.05) is 12.0 Å². The van der Waals surface area contributed by atoms with Crippen molar-refractivity contribution >= 4 is 0 Å². The van der Waals surface area contributed by atoms with E-state index in [4.69, 9.17) is 4.74 Å². The minimum absolute atomic E-state index is 0.0231. The van der Waals surface area contributed by atoms with Gasteiger partial charge in [-0.2, -0.15) is 0 Å². The van der Waals surface area contributed by atoms with Gasteiger partial charge in [-0.25, -0.2) is 8.78 Å². The van der Waals surface area contributed by atoms with Crippen molar-refractivity contribution in [2.24, 2.45) is 11.8 Å². The Bertz CT molecular complexity index is 466. The largest absolute Gasteiger partial charge is 0.375 e. The first-order valence-electron chi connectivity index (χ1n) is 7.29. The fourth-order valence-corrected chi connectivity index (χ4v) is 3.27. The molecule has 0 aromatic heterocycles. The van der Waals surface area contributed by atoms with E-state index in [0.29, 0.717) is 5.92 Å². The molecule has 0 aliphatic carbocycles. The van der Waals surface area contributed by atoms with Crippen molar-refractivity contribution in [3.8, 4) is 0 Å². The smallest absolute Gasteiger partial charge is 0.159 e. The van der Waals surface area contributed by atoms with E-state index in [2.05, 4.69) is 26.1 Å².